The first kappa shape index (κ1) is 30.9. The molecule has 1 N–H and O–H groups in total. The molecule has 0 radical (unpaired) electrons. The van der Waals surface area contributed by atoms with Crippen molar-refractivity contribution in [2.24, 2.45) is 0 Å². The van der Waals surface area contributed by atoms with Gasteiger partial charge in [0.15, 0.2) is 0 Å². The minimum Gasteiger partial charge on any atom is -0.350 e. The second-order valence-corrected chi connectivity index (χ2v) is 12.6. The summed E-state index contributed by atoms with van der Waals surface area (Å²) in [5.41, 5.74) is 0.393. The number of nitrogens with one attached hydrogen (secondary N) is 1. The first-order valence-electron chi connectivity index (χ1n) is 11.9. The highest BCUT2D eigenvalue weighted by Crippen LogP contribution is 2.31. The minimum absolute atomic E-state index is 0.0139. The molecule has 0 heterocycles. The lowest BCUT2D eigenvalue weighted by Gasteiger charge is -2.33. The summed E-state index contributed by atoms with van der Waals surface area (Å²) in [5.74, 6) is -1.03. The van der Waals surface area contributed by atoms with Gasteiger partial charge < -0.3 is 10.2 Å². The van der Waals surface area contributed by atoms with Gasteiger partial charge in [-0.2, -0.15) is 0 Å². The summed E-state index contributed by atoms with van der Waals surface area (Å²) >= 11 is 12.3. The minimum atomic E-state index is -3.72. The third kappa shape index (κ3) is 9.47. The van der Waals surface area contributed by atoms with Crippen molar-refractivity contribution in [1.82, 2.24) is 10.2 Å². The van der Waals surface area contributed by atoms with Gasteiger partial charge in [-0.15, -0.1) is 0 Å². The Balaban J connectivity index is 2.27. The van der Waals surface area contributed by atoms with Gasteiger partial charge in [0.1, 0.15) is 11.9 Å². The van der Waals surface area contributed by atoms with Gasteiger partial charge in [0.2, 0.25) is 21.8 Å². The number of carbonyl (C=O) groups is 2. The highest BCUT2D eigenvalue weighted by molar-refractivity contribution is 7.92. The molecule has 0 unspecified atom stereocenters. The Morgan fingerprint density at radius 3 is 2.24 bits per heavy atom. The Morgan fingerprint density at radius 2 is 1.70 bits per heavy atom. The Morgan fingerprint density at radius 1 is 1.08 bits per heavy atom. The van der Waals surface area contributed by atoms with E-state index in [0.29, 0.717) is 17.0 Å². The number of carbonyl (C=O) groups excluding carboxylic acids is 2. The first-order valence-corrected chi connectivity index (χ1v) is 14.5. The van der Waals surface area contributed by atoms with Gasteiger partial charge in [-0.05, 0) is 69.5 Å². The van der Waals surface area contributed by atoms with Gasteiger partial charge in [0, 0.05) is 30.1 Å². The van der Waals surface area contributed by atoms with Crippen LogP contribution in [0.4, 0.5) is 10.1 Å². The van der Waals surface area contributed by atoms with E-state index in [1.165, 1.54) is 29.2 Å². The standard InChI is InChI=1S/C26H34Cl2FN3O4S/c1-6-22(25(34)30-26(2,3)4)31(17-18-9-12-20(29)13-10-18)24(33)8-7-15-32(37(5,35)36)23-16-19(27)11-14-21(23)28/h9-14,16,22H,6-8,15,17H2,1-5H3,(H,30,34)/t22-/m1/s1. The van der Waals surface area contributed by atoms with Crippen LogP contribution in [0.1, 0.15) is 52.5 Å². The van der Waals surface area contributed by atoms with Crippen molar-refractivity contribution in [2.45, 2.75) is 65.1 Å². The van der Waals surface area contributed by atoms with Crippen LogP contribution in [0.5, 0.6) is 0 Å². The molecule has 204 valence electrons. The molecule has 0 saturated heterocycles. The fraction of sp³-hybridized carbons (Fsp3) is 0.462. The summed E-state index contributed by atoms with van der Waals surface area (Å²) < 4.78 is 39.5. The van der Waals surface area contributed by atoms with E-state index < -0.39 is 27.4 Å². The average Bonchev–Trinajstić information content (AvgIpc) is 2.77. The van der Waals surface area contributed by atoms with E-state index in [-0.39, 0.29) is 48.5 Å². The second kappa shape index (κ2) is 12.9. The van der Waals surface area contributed by atoms with E-state index in [9.17, 15) is 22.4 Å². The summed E-state index contributed by atoms with van der Waals surface area (Å²) in [6.45, 7) is 7.45. The number of nitrogens with zero attached hydrogens (tertiary/aromatic N) is 2. The summed E-state index contributed by atoms with van der Waals surface area (Å²) in [5, 5.41) is 3.46. The van der Waals surface area contributed by atoms with Gasteiger partial charge in [0.05, 0.1) is 17.0 Å². The van der Waals surface area contributed by atoms with Crippen LogP contribution in [0, 0.1) is 5.82 Å². The second-order valence-electron chi connectivity index (χ2n) is 9.85. The maximum absolute atomic E-state index is 13.4. The number of amides is 2. The van der Waals surface area contributed by atoms with E-state index in [1.807, 2.05) is 27.7 Å². The zero-order valence-corrected chi connectivity index (χ0v) is 24.1. The number of anilines is 1. The Bertz CT molecular complexity index is 1200. The van der Waals surface area contributed by atoms with Crippen LogP contribution in [0.3, 0.4) is 0 Å². The maximum atomic E-state index is 13.4. The molecule has 0 aliphatic carbocycles. The van der Waals surface area contributed by atoms with Crippen LogP contribution in [-0.4, -0.2) is 49.5 Å². The Labute approximate surface area is 229 Å². The van der Waals surface area contributed by atoms with Gasteiger partial charge in [0.25, 0.3) is 0 Å². The van der Waals surface area contributed by atoms with E-state index in [0.717, 1.165) is 10.6 Å². The van der Waals surface area contributed by atoms with Gasteiger partial charge in [-0.3, -0.25) is 13.9 Å². The van der Waals surface area contributed by atoms with Crippen molar-refractivity contribution in [1.29, 1.82) is 0 Å². The highest BCUT2D eigenvalue weighted by atomic mass is 35.5. The van der Waals surface area contributed by atoms with E-state index in [4.69, 9.17) is 23.2 Å². The molecule has 0 saturated carbocycles. The quantitative estimate of drug-likeness (QED) is 0.390. The van der Waals surface area contributed by atoms with Crippen LogP contribution >= 0.6 is 23.2 Å². The molecule has 2 amide bonds. The molecule has 37 heavy (non-hydrogen) atoms. The average molecular weight is 575 g/mol. The summed E-state index contributed by atoms with van der Waals surface area (Å²) in [4.78, 5) is 28.0. The third-order valence-corrected chi connectivity index (χ3v) is 7.21. The molecule has 0 aliphatic rings. The number of rotatable bonds is 11. The fourth-order valence-electron chi connectivity index (χ4n) is 3.82. The third-order valence-electron chi connectivity index (χ3n) is 5.48. The molecular formula is C26H34Cl2FN3O4S. The normalized spacial score (nSPS) is 12.6. The number of sulfonamides is 1. The summed E-state index contributed by atoms with van der Waals surface area (Å²) in [6.07, 6.45) is 1.57. The molecule has 2 rings (SSSR count). The molecule has 2 aromatic carbocycles. The number of hydrogen-bond acceptors (Lipinski definition) is 4. The van der Waals surface area contributed by atoms with E-state index in [2.05, 4.69) is 5.32 Å². The van der Waals surface area contributed by atoms with Crippen LogP contribution in [-0.2, 0) is 26.2 Å². The van der Waals surface area contributed by atoms with E-state index >= 15 is 0 Å². The smallest absolute Gasteiger partial charge is 0.243 e. The van der Waals surface area contributed by atoms with Crippen molar-refractivity contribution < 1.29 is 22.4 Å². The van der Waals surface area contributed by atoms with Crippen LogP contribution in [0.25, 0.3) is 0 Å². The molecule has 0 bridgehead atoms. The molecule has 0 fully saturated rings. The topological polar surface area (TPSA) is 86.8 Å². The number of halogens is 3. The van der Waals surface area contributed by atoms with Crippen molar-refractivity contribution in [2.75, 3.05) is 17.1 Å². The van der Waals surface area contributed by atoms with Crippen molar-refractivity contribution in [3.8, 4) is 0 Å². The van der Waals surface area contributed by atoms with Gasteiger partial charge >= 0.3 is 0 Å². The molecular weight excluding hydrogens is 540 g/mol. The zero-order chi connectivity index (χ0) is 28.0. The molecule has 7 nitrogen and oxygen atoms in total. The monoisotopic (exact) mass is 573 g/mol. The van der Waals surface area contributed by atoms with Gasteiger partial charge in [-0.1, -0.05) is 42.3 Å². The number of hydrogen-bond donors (Lipinski definition) is 1. The fourth-order valence-corrected chi connectivity index (χ4v) is 5.22. The first-order chi connectivity index (χ1) is 17.1. The molecule has 2 aromatic rings. The highest BCUT2D eigenvalue weighted by Gasteiger charge is 2.31. The summed E-state index contributed by atoms with van der Waals surface area (Å²) in [6, 6.07) is 9.49. The largest absolute Gasteiger partial charge is 0.350 e. The van der Waals surface area contributed by atoms with E-state index in [1.54, 1.807) is 18.2 Å². The predicted octanol–water partition coefficient (Wildman–Crippen LogP) is 5.40. The SMILES string of the molecule is CC[C@H](C(=O)NC(C)(C)C)N(Cc1ccc(F)cc1)C(=O)CCCN(c1cc(Cl)ccc1Cl)S(C)(=O)=O. The molecule has 0 aliphatic heterocycles. The zero-order valence-electron chi connectivity index (χ0n) is 21.7. The lowest BCUT2D eigenvalue weighted by atomic mass is 10.0. The Hall–Kier alpha value is -2.36. The summed E-state index contributed by atoms with van der Waals surface area (Å²) in [7, 11) is -3.72. The predicted molar refractivity (Wildman–Crippen MR) is 147 cm³/mol. The lowest BCUT2D eigenvalue weighted by molar-refractivity contribution is -0.142. The van der Waals surface area contributed by atoms with Gasteiger partial charge in [-0.25, -0.2) is 12.8 Å². The maximum Gasteiger partial charge on any atom is 0.243 e. The molecule has 1 atom stereocenters. The van der Waals surface area contributed by atoms with Crippen molar-refractivity contribution in [3.05, 3.63) is 63.9 Å². The molecule has 0 spiro atoms. The van der Waals surface area contributed by atoms with Crippen LogP contribution in [0.15, 0.2) is 42.5 Å². The number of benzene rings is 2. The lowest BCUT2D eigenvalue weighted by Crippen LogP contribution is -2.53. The molecule has 0 aromatic heterocycles. The van der Waals surface area contributed by atoms with Crippen LogP contribution < -0.4 is 9.62 Å². The van der Waals surface area contributed by atoms with Crippen molar-refractivity contribution in [3.63, 3.8) is 0 Å². The molecule has 11 heteroatoms. The Kier molecular flexibility index (Phi) is 10.8. The van der Waals surface area contributed by atoms with Crippen LogP contribution in [0.2, 0.25) is 10.0 Å². The van der Waals surface area contributed by atoms with Crippen molar-refractivity contribution >= 4 is 50.7 Å².